The van der Waals surface area contributed by atoms with Gasteiger partial charge in [-0.25, -0.2) is 0 Å². The van der Waals surface area contributed by atoms with E-state index in [0.717, 1.165) is 6.42 Å². The molecule has 2 heteroatoms. The van der Waals surface area contributed by atoms with Crippen LogP contribution in [0.2, 0.25) is 0 Å². The van der Waals surface area contributed by atoms with Crippen LogP contribution in [0.25, 0.3) is 0 Å². The first-order valence-electron chi connectivity index (χ1n) is 6.18. The molecule has 2 aliphatic carbocycles. The average molecular weight is 236 g/mol. The lowest BCUT2D eigenvalue weighted by atomic mass is 9.64. The summed E-state index contributed by atoms with van der Waals surface area (Å²) in [6.45, 7) is 6.98. The second-order valence-corrected chi connectivity index (χ2v) is 7.28. The van der Waals surface area contributed by atoms with Crippen LogP contribution in [-0.2, 0) is 5.60 Å². The van der Waals surface area contributed by atoms with E-state index >= 15 is 0 Å². The Kier molecular flexibility index (Phi) is 1.96. The molecule has 1 aromatic heterocycles. The van der Waals surface area contributed by atoms with Gasteiger partial charge in [0, 0.05) is 10.3 Å². The first-order chi connectivity index (χ1) is 7.42. The van der Waals surface area contributed by atoms with Gasteiger partial charge in [-0.3, -0.25) is 0 Å². The van der Waals surface area contributed by atoms with Gasteiger partial charge in [0.2, 0.25) is 0 Å². The molecule has 0 radical (unpaired) electrons. The number of rotatable bonds is 1. The molecule has 2 fully saturated rings. The number of aliphatic hydroxyl groups is 1. The maximum atomic E-state index is 11.1. The molecule has 16 heavy (non-hydrogen) atoms. The predicted molar refractivity (Wildman–Crippen MR) is 67.4 cm³/mol. The van der Waals surface area contributed by atoms with Gasteiger partial charge in [-0.15, -0.1) is 11.3 Å². The van der Waals surface area contributed by atoms with Crippen LogP contribution in [0.4, 0.5) is 0 Å². The highest BCUT2D eigenvalue weighted by atomic mass is 32.1. The van der Waals surface area contributed by atoms with E-state index in [1.165, 1.54) is 17.7 Å². The highest BCUT2D eigenvalue weighted by molar-refractivity contribution is 7.10. The number of hydrogen-bond donors (Lipinski definition) is 1. The van der Waals surface area contributed by atoms with Crippen LogP contribution in [0, 0.1) is 16.7 Å². The summed E-state index contributed by atoms with van der Waals surface area (Å²) in [7, 11) is 0. The van der Waals surface area contributed by atoms with Gasteiger partial charge in [0.25, 0.3) is 0 Å². The third-order valence-electron chi connectivity index (χ3n) is 5.82. The molecular formula is C14H20OS. The molecular weight excluding hydrogens is 216 g/mol. The van der Waals surface area contributed by atoms with Crippen molar-refractivity contribution in [1.29, 1.82) is 0 Å². The number of thiophene rings is 1. The molecule has 0 amide bonds. The van der Waals surface area contributed by atoms with Crippen LogP contribution in [-0.4, -0.2) is 5.11 Å². The molecule has 88 valence electrons. The second-order valence-electron chi connectivity index (χ2n) is 6.33. The third-order valence-corrected chi connectivity index (χ3v) is 6.84. The maximum absolute atomic E-state index is 11.1. The fourth-order valence-electron chi connectivity index (χ4n) is 4.16. The fourth-order valence-corrected chi connectivity index (χ4v) is 5.13. The van der Waals surface area contributed by atoms with E-state index < -0.39 is 5.60 Å². The van der Waals surface area contributed by atoms with Crippen molar-refractivity contribution in [2.45, 2.75) is 45.6 Å². The Labute approximate surface area is 102 Å². The first kappa shape index (κ1) is 10.8. The smallest absolute Gasteiger partial charge is 0.105 e. The quantitative estimate of drug-likeness (QED) is 0.786. The molecule has 2 saturated carbocycles. The van der Waals surface area contributed by atoms with Gasteiger partial charge < -0.3 is 5.11 Å². The molecule has 0 spiro atoms. The van der Waals surface area contributed by atoms with Crippen LogP contribution in [0.5, 0.6) is 0 Å². The summed E-state index contributed by atoms with van der Waals surface area (Å²) in [6, 6.07) is 4.16. The van der Waals surface area contributed by atoms with Crippen molar-refractivity contribution in [3.63, 3.8) is 0 Å². The van der Waals surface area contributed by atoms with E-state index in [4.69, 9.17) is 0 Å². The molecule has 3 unspecified atom stereocenters. The molecule has 1 N–H and O–H groups in total. The Morgan fingerprint density at radius 2 is 2.12 bits per heavy atom. The van der Waals surface area contributed by atoms with Crippen LogP contribution in [0.1, 0.15) is 44.9 Å². The van der Waals surface area contributed by atoms with Gasteiger partial charge in [0.1, 0.15) is 5.60 Å². The van der Waals surface area contributed by atoms with Crippen molar-refractivity contribution in [2.24, 2.45) is 16.7 Å². The Morgan fingerprint density at radius 1 is 1.38 bits per heavy atom. The highest BCUT2D eigenvalue weighted by Gasteiger charge is 2.69. The van der Waals surface area contributed by atoms with Gasteiger partial charge in [-0.1, -0.05) is 26.8 Å². The van der Waals surface area contributed by atoms with Gasteiger partial charge in [-0.05, 0) is 42.0 Å². The molecule has 1 nitrogen and oxygen atoms in total. The van der Waals surface area contributed by atoms with Crippen molar-refractivity contribution < 1.29 is 5.11 Å². The highest BCUT2D eigenvalue weighted by Crippen LogP contribution is 2.72. The van der Waals surface area contributed by atoms with Gasteiger partial charge in [0.05, 0.1) is 0 Å². The Hall–Kier alpha value is -0.340. The van der Waals surface area contributed by atoms with Gasteiger partial charge >= 0.3 is 0 Å². The molecule has 0 saturated heterocycles. The van der Waals surface area contributed by atoms with E-state index in [1.807, 2.05) is 0 Å². The summed E-state index contributed by atoms with van der Waals surface area (Å²) in [4.78, 5) is 1.17. The zero-order chi connectivity index (χ0) is 11.6. The summed E-state index contributed by atoms with van der Waals surface area (Å²) in [5.74, 6) is 0.685. The summed E-state index contributed by atoms with van der Waals surface area (Å²) in [5, 5.41) is 13.2. The van der Waals surface area contributed by atoms with Crippen LogP contribution in [0.15, 0.2) is 17.5 Å². The predicted octanol–water partition coefficient (Wildman–Crippen LogP) is 3.78. The van der Waals surface area contributed by atoms with Crippen molar-refractivity contribution in [3.05, 3.63) is 22.4 Å². The lowest BCUT2D eigenvalue weighted by Crippen LogP contribution is -2.44. The zero-order valence-electron chi connectivity index (χ0n) is 10.3. The molecule has 1 aromatic rings. The summed E-state index contributed by atoms with van der Waals surface area (Å²) in [6.07, 6.45) is 3.41. The largest absolute Gasteiger partial charge is 0.384 e. The van der Waals surface area contributed by atoms with Gasteiger partial charge in [-0.2, -0.15) is 0 Å². The maximum Gasteiger partial charge on any atom is 0.105 e. The monoisotopic (exact) mass is 236 g/mol. The van der Waals surface area contributed by atoms with E-state index in [1.54, 1.807) is 11.3 Å². The second kappa shape index (κ2) is 2.91. The van der Waals surface area contributed by atoms with Crippen molar-refractivity contribution in [3.8, 4) is 0 Å². The van der Waals surface area contributed by atoms with Gasteiger partial charge in [0.15, 0.2) is 0 Å². The number of hydrogen-bond acceptors (Lipinski definition) is 2. The first-order valence-corrected chi connectivity index (χ1v) is 7.06. The minimum atomic E-state index is -0.576. The van der Waals surface area contributed by atoms with Crippen molar-refractivity contribution in [2.75, 3.05) is 0 Å². The normalized spacial score (nSPS) is 45.1. The molecule has 2 bridgehead atoms. The summed E-state index contributed by atoms with van der Waals surface area (Å²) in [5.41, 5.74) is -0.255. The Balaban J connectivity index is 2.13. The fraction of sp³-hybridized carbons (Fsp3) is 0.714. The van der Waals surface area contributed by atoms with E-state index in [9.17, 15) is 5.11 Å². The Morgan fingerprint density at radius 3 is 2.56 bits per heavy atom. The summed E-state index contributed by atoms with van der Waals surface area (Å²) < 4.78 is 0. The number of fused-ring (bicyclic) bond motifs is 2. The average Bonchev–Trinajstić information content (AvgIpc) is 2.84. The topological polar surface area (TPSA) is 20.2 Å². The molecule has 3 atom stereocenters. The Bertz CT molecular complexity index is 408. The molecule has 0 aliphatic heterocycles. The standard InChI is InChI=1S/C14H20OS/c1-12(2)10-6-7-13(12,3)14(15,9-10)11-5-4-8-16-11/h4-5,8,10,15H,6-7,9H2,1-3H3. The lowest BCUT2D eigenvalue weighted by Gasteiger charge is -2.44. The SMILES string of the molecule is CC1(C)C2CCC1(C)C(O)(c1cccs1)C2. The molecule has 1 heterocycles. The minimum Gasteiger partial charge on any atom is -0.384 e. The zero-order valence-corrected chi connectivity index (χ0v) is 11.1. The third kappa shape index (κ3) is 0.964. The minimum absolute atomic E-state index is 0.0511. The van der Waals surface area contributed by atoms with E-state index in [0.29, 0.717) is 5.92 Å². The molecule has 0 aromatic carbocycles. The van der Waals surface area contributed by atoms with Crippen molar-refractivity contribution in [1.82, 2.24) is 0 Å². The van der Waals surface area contributed by atoms with Crippen LogP contribution >= 0.6 is 11.3 Å². The van der Waals surface area contributed by atoms with Crippen LogP contribution in [0.3, 0.4) is 0 Å². The molecule has 3 rings (SSSR count). The molecule has 2 aliphatic rings. The van der Waals surface area contributed by atoms with Crippen LogP contribution < -0.4 is 0 Å². The van der Waals surface area contributed by atoms with E-state index in [-0.39, 0.29) is 10.8 Å². The summed E-state index contributed by atoms with van der Waals surface area (Å²) >= 11 is 1.71. The van der Waals surface area contributed by atoms with Crippen molar-refractivity contribution >= 4 is 11.3 Å². The van der Waals surface area contributed by atoms with E-state index in [2.05, 4.69) is 38.3 Å². The lowest BCUT2D eigenvalue weighted by molar-refractivity contribution is -0.0930.